The summed E-state index contributed by atoms with van der Waals surface area (Å²) in [4.78, 5) is 42.5. The van der Waals surface area contributed by atoms with Gasteiger partial charge in [-0.05, 0) is 30.3 Å². The van der Waals surface area contributed by atoms with Crippen LogP contribution in [0.3, 0.4) is 0 Å². The Balaban J connectivity index is 1.69. The minimum Gasteiger partial charge on any atom is -0.454 e. The van der Waals surface area contributed by atoms with Crippen LogP contribution in [0, 0.1) is 0 Å². The number of urea groups is 1. The summed E-state index contributed by atoms with van der Waals surface area (Å²) in [5.74, 6) is -0.425. The van der Waals surface area contributed by atoms with Crippen LogP contribution in [0.25, 0.3) is 27.1 Å². The highest BCUT2D eigenvalue weighted by molar-refractivity contribution is 7.21. The normalized spacial score (nSPS) is 15.3. The molecule has 26 heavy (non-hydrogen) atoms. The molecule has 0 atom stereocenters. The lowest BCUT2D eigenvalue weighted by atomic mass is 10.1. The molecule has 130 valence electrons. The van der Waals surface area contributed by atoms with Crippen LogP contribution < -0.4 is 0 Å². The fourth-order valence-electron chi connectivity index (χ4n) is 2.64. The van der Waals surface area contributed by atoms with Crippen LogP contribution in [0.15, 0.2) is 46.4 Å². The van der Waals surface area contributed by atoms with E-state index < -0.39 is 17.8 Å². The number of nitrogens with zero attached hydrogens (tertiary/aromatic N) is 3. The van der Waals surface area contributed by atoms with Crippen molar-refractivity contribution in [2.24, 2.45) is 0 Å². The molecule has 3 heterocycles. The van der Waals surface area contributed by atoms with Gasteiger partial charge in [-0.1, -0.05) is 12.1 Å². The van der Waals surface area contributed by atoms with Gasteiger partial charge in [-0.25, -0.2) is 9.78 Å². The lowest BCUT2D eigenvalue weighted by Gasteiger charge is -2.28. The van der Waals surface area contributed by atoms with E-state index in [-0.39, 0.29) is 5.57 Å². The number of hydrogen-bond donors (Lipinski definition) is 0. The minimum atomic E-state index is -0.660. The third kappa shape index (κ3) is 2.51. The molecule has 2 aromatic heterocycles. The van der Waals surface area contributed by atoms with Gasteiger partial charge >= 0.3 is 6.03 Å². The van der Waals surface area contributed by atoms with Crippen molar-refractivity contribution in [2.75, 3.05) is 14.1 Å². The molecule has 7 nitrogen and oxygen atoms in total. The first-order valence-electron chi connectivity index (χ1n) is 7.73. The van der Waals surface area contributed by atoms with Crippen molar-refractivity contribution in [2.45, 2.75) is 0 Å². The maximum absolute atomic E-state index is 12.2. The molecule has 0 radical (unpaired) electrons. The van der Waals surface area contributed by atoms with E-state index in [0.29, 0.717) is 16.5 Å². The Kier molecular flexibility index (Phi) is 3.69. The van der Waals surface area contributed by atoms with Crippen molar-refractivity contribution in [3.8, 4) is 10.8 Å². The van der Waals surface area contributed by atoms with E-state index in [1.165, 1.54) is 31.5 Å². The predicted octanol–water partition coefficient (Wildman–Crippen LogP) is 2.99. The van der Waals surface area contributed by atoms with Crippen molar-refractivity contribution in [1.29, 1.82) is 0 Å². The Labute approximate surface area is 152 Å². The highest BCUT2D eigenvalue weighted by Crippen LogP contribution is 2.31. The fourth-order valence-corrected chi connectivity index (χ4v) is 3.57. The van der Waals surface area contributed by atoms with Crippen LogP contribution in [-0.4, -0.2) is 46.7 Å². The van der Waals surface area contributed by atoms with E-state index in [1.54, 1.807) is 12.1 Å². The molecule has 4 rings (SSSR count). The van der Waals surface area contributed by atoms with Crippen LogP contribution in [0.4, 0.5) is 4.79 Å². The molecule has 3 aromatic rings. The second-order valence-corrected chi connectivity index (χ2v) is 6.79. The van der Waals surface area contributed by atoms with E-state index in [9.17, 15) is 14.4 Å². The summed E-state index contributed by atoms with van der Waals surface area (Å²) in [6.07, 6.45) is 1.35. The average molecular weight is 367 g/mol. The number of benzene rings is 1. The number of fused-ring (bicyclic) bond motifs is 1. The molecule has 0 aliphatic carbocycles. The van der Waals surface area contributed by atoms with Gasteiger partial charge in [0.1, 0.15) is 11.3 Å². The quantitative estimate of drug-likeness (QED) is 0.514. The monoisotopic (exact) mass is 367 g/mol. The number of furan rings is 1. The van der Waals surface area contributed by atoms with Crippen LogP contribution >= 0.6 is 11.3 Å². The molecule has 0 bridgehead atoms. The Morgan fingerprint density at radius 3 is 2.38 bits per heavy atom. The number of imide groups is 2. The number of carbonyl (C=O) groups is 3. The van der Waals surface area contributed by atoms with E-state index in [0.717, 1.165) is 20.0 Å². The Hall–Kier alpha value is -3.26. The van der Waals surface area contributed by atoms with E-state index in [4.69, 9.17) is 4.42 Å². The summed E-state index contributed by atoms with van der Waals surface area (Å²) in [6, 6.07) is 10.5. The summed E-state index contributed by atoms with van der Waals surface area (Å²) < 4.78 is 6.78. The molecule has 1 fully saturated rings. The average Bonchev–Trinajstić information content (AvgIpc) is 3.28. The van der Waals surface area contributed by atoms with Crippen LogP contribution in [0.5, 0.6) is 0 Å². The van der Waals surface area contributed by atoms with Crippen LogP contribution in [-0.2, 0) is 9.59 Å². The van der Waals surface area contributed by atoms with Gasteiger partial charge in [0.2, 0.25) is 0 Å². The van der Waals surface area contributed by atoms with E-state index in [1.807, 2.05) is 24.3 Å². The first-order valence-corrected chi connectivity index (χ1v) is 8.55. The first-order chi connectivity index (χ1) is 12.5. The summed E-state index contributed by atoms with van der Waals surface area (Å²) in [7, 11) is 2.66. The molecule has 0 unspecified atom stereocenters. The Morgan fingerprint density at radius 2 is 1.69 bits per heavy atom. The number of carbonyl (C=O) groups excluding carboxylic acids is 3. The van der Waals surface area contributed by atoms with Gasteiger partial charge < -0.3 is 4.42 Å². The number of hydrogen-bond acceptors (Lipinski definition) is 6. The van der Waals surface area contributed by atoms with Crippen molar-refractivity contribution >= 4 is 45.5 Å². The zero-order valence-corrected chi connectivity index (χ0v) is 14.7. The molecule has 0 N–H and O–H groups in total. The van der Waals surface area contributed by atoms with Gasteiger partial charge in [-0.3, -0.25) is 19.4 Å². The third-order valence-electron chi connectivity index (χ3n) is 4.06. The summed E-state index contributed by atoms with van der Waals surface area (Å²) in [6.45, 7) is 0. The van der Waals surface area contributed by atoms with E-state index in [2.05, 4.69) is 4.98 Å². The number of rotatable bonds is 2. The Morgan fingerprint density at radius 1 is 1.00 bits per heavy atom. The van der Waals surface area contributed by atoms with Gasteiger partial charge in [-0.2, -0.15) is 0 Å². The molecule has 0 spiro atoms. The Bertz CT molecular complexity index is 1040. The number of thiazole rings is 1. The highest BCUT2D eigenvalue weighted by atomic mass is 32.1. The lowest BCUT2D eigenvalue weighted by Crippen LogP contribution is -2.52. The molecular weight excluding hydrogens is 354 g/mol. The number of likely N-dealkylation sites (N-methyl/N-ethyl adjacent to an activating group) is 2. The van der Waals surface area contributed by atoms with Gasteiger partial charge in [0, 0.05) is 14.1 Å². The number of barbiturate groups is 1. The fraction of sp³-hybridized carbons (Fsp3) is 0.111. The van der Waals surface area contributed by atoms with Gasteiger partial charge in [0.15, 0.2) is 10.8 Å². The standard InChI is InChI=1S/C18H13N3O4S/c1-20-16(22)11(17(23)21(2)18(20)24)9-10-7-8-13(25-10)15-19-12-5-3-4-6-14(12)26-15/h3-9H,1-2H3. The smallest absolute Gasteiger partial charge is 0.333 e. The zero-order valence-electron chi connectivity index (χ0n) is 13.9. The second kappa shape index (κ2) is 5.92. The largest absolute Gasteiger partial charge is 0.454 e. The SMILES string of the molecule is CN1C(=O)C(=Cc2ccc(-c3nc4ccccc4s3)o2)C(=O)N(C)C1=O. The highest BCUT2D eigenvalue weighted by Gasteiger charge is 2.38. The molecule has 8 heteroatoms. The van der Waals surface area contributed by atoms with Crippen molar-refractivity contribution in [3.05, 3.63) is 47.7 Å². The van der Waals surface area contributed by atoms with Gasteiger partial charge in [0.05, 0.1) is 10.2 Å². The summed E-state index contributed by atoms with van der Waals surface area (Å²) >= 11 is 1.49. The van der Waals surface area contributed by atoms with Gasteiger partial charge in [0.25, 0.3) is 11.8 Å². The summed E-state index contributed by atoms with van der Waals surface area (Å²) in [5.41, 5.74) is 0.753. The number of para-hydroxylation sites is 1. The second-order valence-electron chi connectivity index (χ2n) is 5.76. The lowest BCUT2D eigenvalue weighted by molar-refractivity contribution is -0.134. The maximum Gasteiger partial charge on any atom is 0.333 e. The molecule has 1 saturated heterocycles. The van der Waals surface area contributed by atoms with Crippen molar-refractivity contribution in [3.63, 3.8) is 0 Å². The van der Waals surface area contributed by atoms with Gasteiger partial charge in [-0.15, -0.1) is 11.3 Å². The van der Waals surface area contributed by atoms with Crippen LogP contribution in [0.1, 0.15) is 5.76 Å². The summed E-state index contributed by atoms with van der Waals surface area (Å²) in [5, 5.41) is 0.710. The minimum absolute atomic E-state index is 0.125. The molecule has 1 aromatic carbocycles. The molecule has 4 amide bonds. The predicted molar refractivity (Wildman–Crippen MR) is 96.2 cm³/mol. The molecular formula is C18H13N3O4S. The van der Waals surface area contributed by atoms with E-state index >= 15 is 0 Å². The maximum atomic E-state index is 12.2. The molecule has 0 saturated carbocycles. The number of amides is 4. The van der Waals surface area contributed by atoms with Crippen molar-refractivity contribution in [1.82, 2.24) is 14.8 Å². The van der Waals surface area contributed by atoms with Crippen LogP contribution in [0.2, 0.25) is 0 Å². The first kappa shape index (κ1) is 16.2. The number of aromatic nitrogens is 1. The van der Waals surface area contributed by atoms with Crippen molar-refractivity contribution < 1.29 is 18.8 Å². The molecule has 1 aliphatic heterocycles. The zero-order chi connectivity index (χ0) is 18.4. The third-order valence-corrected chi connectivity index (χ3v) is 5.11. The topological polar surface area (TPSA) is 83.7 Å². The molecule has 1 aliphatic rings.